The maximum Gasteiger partial charge on any atom is 0.237 e. The number of nitrogens with two attached hydrogens (primary N) is 1. The molecule has 0 spiro atoms. The second-order valence-corrected chi connectivity index (χ2v) is 7.03. The molecule has 0 saturated heterocycles. The zero-order valence-electron chi connectivity index (χ0n) is 12.1. The van der Waals surface area contributed by atoms with Crippen LogP contribution in [0.25, 0.3) is 0 Å². The van der Waals surface area contributed by atoms with Gasteiger partial charge < -0.3 is 11.1 Å². The summed E-state index contributed by atoms with van der Waals surface area (Å²) in [5.41, 5.74) is 8.45. The Hall–Kier alpha value is -0.710. The highest BCUT2D eigenvalue weighted by atomic mass is 35.5. The number of amides is 1. The lowest BCUT2D eigenvalue weighted by atomic mass is 9.91. The third-order valence-corrected chi connectivity index (χ3v) is 5.59. The Kier molecular flexibility index (Phi) is 5.97. The highest BCUT2D eigenvalue weighted by Gasteiger charge is 2.29. The summed E-state index contributed by atoms with van der Waals surface area (Å²) in [7, 11) is 0. The van der Waals surface area contributed by atoms with Gasteiger partial charge in [-0.1, -0.05) is 24.3 Å². The van der Waals surface area contributed by atoms with Crippen molar-refractivity contribution >= 4 is 30.1 Å². The smallest absolute Gasteiger partial charge is 0.237 e. The van der Waals surface area contributed by atoms with E-state index in [1.807, 2.05) is 6.07 Å². The topological polar surface area (TPSA) is 55.1 Å². The summed E-state index contributed by atoms with van der Waals surface area (Å²) in [4.78, 5) is 12.5. The predicted octanol–water partition coefficient (Wildman–Crippen LogP) is 2.82. The summed E-state index contributed by atoms with van der Waals surface area (Å²) in [5.74, 6) is 1.22. The van der Waals surface area contributed by atoms with Gasteiger partial charge in [-0.05, 0) is 49.0 Å². The molecule has 1 aromatic carbocycles. The van der Waals surface area contributed by atoms with E-state index in [0.29, 0.717) is 12.1 Å². The van der Waals surface area contributed by atoms with Crippen LogP contribution in [0.5, 0.6) is 0 Å². The molecule has 1 amide bonds. The highest BCUT2D eigenvalue weighted by molar-refractivity contribution is 8.00. The summed E-state index contributed by atoms with van der Waals surface area (Å²) in [6, 6.07) is 8.99. The molecule has 1 aliphatic heterocycles. The standard InChI is InChI=1S/C16H22N2OS.ClH/c17-12-5-7-13(8-6-12)18-16(19)15-14-4-2-1-3-11(14)9-10-20-15;/h1-4,12-13,15H,5-10,17H2,(H,18,19);1H. The van der Waals surface area contributed by atoms with Crippen molar-refractivity contribution in [3.8, 4) is 0 Å². The van der Waals surface area contributed by atoms with Gasteiger partial charge in [-0.15, -0.1) is 24.2 Å². The van der Waals surface area contributed by atoms with Gasteiger partial charge in [0.15, 0.2) is 0 Å². The molecule has 1 fully saturated rings. The number of benzene rings is 1. The van der Waals surface area contributed by atoms with Gasteiger partial charge in [-0.25, -0.2) is 0 Å². The van der Waals surface area contributed by atoms with Crippen molar-refractivity contribution in [2.24, 2.45) is 5.73 Å². The first kappa shape index (κ1) is 16.7. The first-order valence-electron chi connectivity index (χ1n) is 7.49. The minimum Gasteiger partial charge on any atom is -0.352 e. The number of carbonyl (C=O) groups excluding carboxylic acids is 1. The van der Waals surface area contributed by atoms with E-state index < -0.39 is 0 Å². The number of rotatable bonds is 2. The minimum atomic E-state index is -0.0319. The van der Waals surface area contributed by atoms with Crippen molar-refractivity contribution < 1.29 is 4.79 Å². The Morgan fingerprint density at radius 3 is 2.67 bits per heavy atom. The van der Waals surface area contributed by atoms with E-state index in [2.05, 4.69) is 23.5 Å². The van der Waals surface area contributed by atoms with Gasteiger partial charge in [0.25, 0.3) is 0 Å². The Labute approximate surface area is 136 Å². The molecule has 1 aromatic rings. The van der Waals surface area contributed by atoms with Gasteiger partial charge in [-0.2, -0.15) is 0 Å². The second-order valence-electron chi connectivity index (χ2n) is 5.82. The van der Waals surface area contributed by atoms with Crippen molar-refractivity contribution in [1.82, 2.24) is 5.32 Å². The molecule has 0 radical (unpaired) electrons. The lowest BCUT2D eigenvalue weighted by Gasteiger charge is -2.30. The normalized spacial score (nSPS) is 28.1. The van der Waals surface area contributed by atoms with Crippen LogP contribution in [-0.4, -0.2) is 23.7 Å². The molecule has 116 valence electrons. The van der Waals surface area contributed by atoms with Gasteiger partial charge in [0.05, 0.1) is 0 Å². The molecule has 21 heavy (non-hydrogen) atoms. The maximum atomic E-state index is 12.5. The van der Waals surface area contributed by atoms with E-state index in [9.17, 15) is 4.79 Å². The lowest BCUT2D eigenvalue weighted by molar-refractivity contribution is -0.121. The first-order chi connectivity index (χ1) is 9.74. The molecule has 2 aliphatic rings. The molecule has 5 heteroatoms. The van der Waals surface area contributed by atoms with Gasteiger partial charge in [-0.3, -0.25) is 4.79 Å². The van der Waals surface area contributed by atoms with Gasteiger partial charge in [0.2, 0.25) is 5.91 Å². The summed E-state index contributed by atoms with van der Waals surface area (Å²) in [5, 5.41) is 3.20. The van der Waals surface area contributed by atoms with Crippen molar-refractivity contribution in [3.63, 3.8) is 0 Å². The van der Waals surface area contributed by atoms with Crippen LogP contribution in [0.3, 0.4) is 0 Å². The van der Waals surface area contributed by atoms with Crippen molar-refractivity contribution in [2.75, 3.05) is 5.75 Å². The monoisotopic (exact) mass is 326 g/mol. The van der Waals surface area contributed by atoms with Crippen molar-refractivity contribution in [1.29, 1.82) is 0 Å². The summed E-state index contributed by atoms with van der Waals surface area (Å²) in [6.07, 6.45) is 5.17. The molecule has 0 aromatic heterocycles. The summed E-state index contributed by atoms with van der Waals surface area (Å²) in [6.45, 7) is 0. The molecule has 1 aliphatic carbocycles. The average molecular weight is 327 g/mol. The van der Waals surface area contributed by atoms with Gasteiger partial charge >= 0.3 is 0 Å². The molecule has 3 N–H and O–H groups in total. The van der Waals surface area contributed by atoms with E-state index in [4.69, 9.17) is 5.73 Å². The fourth-order valence-corrected chi connectivity index (χ4v) is 4.35. The SMILES string of the molecule is Cl.NC1CCC(NC(=O)C2SCCc3ccccc32)CC1. The zero-order chi connectivity index (χ0) is 13.9. The van der Waals surface area contributed by atoms with Crippen LogP contribution in [0.2, 0.25) is 0 Å². The first-order valence-corrected chi connectivity index (χ1v) is 8.54. The van der Waals surface area contributed by atoms with Crippen LogP contribution in [0.15, 0.2) is 24.3 Å². The molecule has 3 rings (SSSR count). The Bertz CT molecular complexity index is 489. The fourth-order valence-electron chi connectivity index (χ4n) is 3.15. The lowest BCUT2D eigenvalue weighted by Crippen LogP contribution is -2.42. The Morgan fingerprint density at radius 1 is 1.19 bits per heavy atom. The number of carbonyl (C=O) groups is 1. The fraction of sp³-hybridized carbons (Fsp3) is 0.562. The third kappa shape index (κ3) is 3.93. The maximum absolute atomic E-state index is 12.5. The summed E-state index contributed by atoms with van der Waals surface area (Å²) >= 11 is 1.77. The van der Waals surface area contributed by atoms with Crippen LogP contribution in [0, 0.1) is 0 Å². The minimum absolute atomic E-state index is 0. The van der Waals surface area contributed by atoms with E-state index in [-0.39, 0.29) is 23.6 Å². The quantitative estimate of drug-likeness (QED) is 0.878. The molecular formula is C16H23ClN2OS. The van der Waals surface area contributed by atoms with Crippen LogP contribution < -0.4 is 11.1 Å². The van der Waals surface area contributed by atoms with Crippen molar-refractivity contribution in [3.05, 3.63) is 35.4 Å². The molecule has 1 saturated carbocycles. The van der Waals surface area contributed by atoms with Gasteiger partial charge in [0, 0.05) is 12.1 Å². The van der Waals surface area contributed by atoms with E-state index in [1.54, 1.807) is 11.8 Å². The molecule has 1 heterocycles. The van der Waals surface area contributed by atoms with E-state index >= 15 is 0 Å². The van der Waals surface area contributed by atoms with E-state index in [1.165, 1.54) is 11.1 Å². The van der Waals surface area contributed by atoms with Crippen molar-refractivity contribution in [2.45, 2.75) is 49.4 Å². The number of hydrogen-bond acceptors (Lipinski definition) is 3. The average Bonchev–Trinajstić information content (AvgIpc) is 2.49. The van der Waals surface area contributed by atoms with Gasteiger partial charge in [0.1, 0.15) is 5.25 Å². The largest absolute Gasteiger partial charge is 0.352 e. The number of hydrogen-bond donors (Lipinski definition) is 2. The van der Waals surface area contributed by atoms with E-state index in [0.717, 1.165) is 37.9 Å². The number of halogens is 1. The number of nitrogens with one attached hydrogen (secondary N) is 1. The molecule has 1 atom stereocenters. The van der Waals surface area contributed by atoms with Crippen LogP contribution >= 0.6 is 24.2 Å². The third-order valence-electron chi connectivity index (χ3n) is 4.35. The number of aryl methyl sites for hydroxylation is 1. The van der Waals surface area contributed by atoms with Crippen LogP contribution in [0.4, 0.5) is 0 Å². The Balaban J connectivity index is 0.00000161. The molecule has 3 nitrogen and oxygen atoms in total. The Morgan fingerprint density at radius 2 is 1.90 bits per heavy atom. The number of fused-ring (bicyclic) bond motifs is 1. The molecule has 1 unspecified atom stereocenters. The zero-order valence-corrected chi connectivity index (χ0v) is 13.7. The summed E-state index contributed by atoms with van der Waals surface area (Å²) < 4.78 is 0. The molecular weight excluding hydrogens is 304 g/mol. The van der Waals surface area contributed by atoms with Crippen LogP contribution in [0.1, 0.15) is 42.1 Å². The van der Waals surface area contributed by atoms with Crippen LogP contribution in [-0.2, 0) is 11.2 Å². The predicted molar refractivity (Wildman–Crippen MR) is 91.0 cm³/mol. The number of thioether (sulfide) groups is 1. The second kappa shape index (κ2) is 7.52. The highest BCUT2D eigenvalue weighted by Crippen LogP contribution is 2.37. The molecule has 0 bridgehead atoms.